The Morgan fingerprint density at radius 3 is 2.56 bits per heavy atom. The van der Waals surface area contributed by atoms with Crippen LogP contribution in [0, 0.1) is 5.92 Å². The summed E-state index contributed by atoms with van der Waals surface area (Å²) in [5, 5.41) is 0. The van der Waals surface area contributed by atoms with E-state index in [-0.39, 0.29) is 28.7 Å². The normalized spacial score (nSPS) is 31.8. The lowest BCUT2D eigenvalue weighted by atomic mass is 9.61. The molecule has 4 rings (SSSR count). The number of carbonyl (C=O) groups is 1. The molecule has 1 aliphatic carbocycles. The molecule has 6 heteroatoms. The van der Waals surface area contributed by atoms with Crippen LogP contribution < -0.4 is 0 Å². The Hall–Kier alpha value is -1.56. The summed E-state index contributed by atoms with van der Waals surface area (Å²) in [6, 6.07) is 4.43. The molecule has 0 N–H and O–H groups in total. The van der Waals surface area contributed by atoms with Crippen molar-refractivity contribution in [2.75, 3.05) is 7.05 Å². The number of esters is 1. The number of piperidine rings is 2. The summed E-state index contributed by atoms with van der Waals surface area (Å²) in [5.74, 6) is -0.500. The Kier molecular flexibility index (Phi) is 4.18. The van der Waals surface area contributed by atoms with E-state index in [1.807, 2.05) is 0 Å². The Morgan fingerprint density at radius 1 is 1.28 bits per heavy atom. The molecule has 1 saturated carbocycles. The molecule has 1 aromatic rings. The first-order valence-corrected chi connectivity index (χ1v) is 8.57. The summed E-state index contributed by atoms with van der Waals surface area (Å²) in [5.41, 5.74) is -1.06. The van der Waals surface area contributed by atoms with Gasteiger partial charge in [-0.15, -0.1) is 0 Å². The van der Waals surface area contributed by atoms with Gasteiger partial charge in [0.05, 0.1) is 11.1 Å². The lowest BCUT2D eigenvalue weighted by molar-refractivity contribution is -0.162. The summed E-state index contributed by atoms with van der Waals surface area (Å²) in [6.45, 7) is 6.44. The van der Waals surface area contributed by atoms with Gasteiger partial charge in [0.1, 0.15) is 6.10 Å². The van der Waals surface area contributed by atoms with Crippen LogP contribution in [-0.4, -0.2) is 35.1 Å². The minimum absolute atomic E-state index is 0.0485. The zero-order valence-corrected chi connectivity index (χ0v) is 15.0. The van der Waals surface area contributed by atoms with E-state index in [2.05, 4.69) is 32.7 Å². The van der Waals surface area contributed by atoms with Crippen LogP contribution in [0.4, 0.5) is 13.2 Å². The van der Waals surface area contributed by atoms with Crippen molar-refractivity contribution in [3.63, 3.8) is 0 Å². The van der Waals surface area contributed by atoms with Gasteiger partial charge in [0.15, 0.2) is 0 Å². The van der Waals surface area contributed by atoms with Gasteiger partial charge in [0, 0.05) is 23.4 Å². The molecule has 138 valence electrons. The summed E-state index contributed by atoms with van der Waals surface area (Å²) in [6.07, 6.45) is -2.04. The largest absolute Gasteiger partial charge is 0.458 e. The van der Waals surface area contributed by atoms with E-state index in [1.165, 1.54) is 12.1 Å². The van der Waals surface area contributed by atoms with Crippen LogP contribution in [0.1, 0.15) is 56.0 Å². The van der Waals surface area contributed by atoms with Crippen molar-refractivity contribution in [2.45, 2.75) is 63.4 Å². The molecule has 0 aromatic heterocycles. The van der Waals surface area contributed by atoms with Crippen LogP contribution in [0.3, 0.4) is 0 Å². The number of hydrogen-bond acceptors (Lipinski definition) is 3. The number of benzene rings is 1. The summed E-state index contributed by atoms with van der Waals surface area (Å²) in [4.78, 5) is 14.8. The maximum Gasteiger partial charge on any atom is 0.416 e. The van der Waals surface area contributed by atoms with Crippen molar-refractivity contribution >= 4 is 5.97 Å². The fraction of sp³-hybridized carbons (Fsp3) is 0.632. The molecule has 3 nitrogen and oxygen atoms in total. The van der Waals surface area contributed by atoms with Gasteiger partial charge in [-0.25, -0.2) is 4.79 Å². The summed E-state index contributed by atoms with van der Waals surface area (Å²) in [7, 11) is 2.09. The first-order valence-electron chi connectivity index (χ1n) is 8.57. The third-order valence-electron chi connectivity index (χ3n) is 6.35. The van der Waals surface area contributed by atoms with E-state index in [1.54, 1.807) is 0 Å². The smallest absolute Gasteiger partial charge is 0.416 e. The average molecular weight is 355 g/mol. The van der Waals surface area contributed by atoms with Crippen LogP contribution in [0.2, 0.25) is 0 Å². The highest BCUT2D eigenvalue weighted by Gasteiger charge is 2.57. The van der Waals surface area contributed by atoms with E-state index in [4.69, 9.17) is 4.74 Å². The minimum Gasteiger partial charge on any atom is -0.458 e. The van der Waals surface area contributed by atoms with Crippen molar-refractivity contribution in [1.82, 2.24) is 4.90 Å². The summed E-state index contributed by atoms with van der Waals surface area (Å²) < 4.78 is 44.2. The molecule has 25 heavy (non-hydrogen) atoms. The van der Waals surface area contributed by atoms with Crippen LogP contribution in [0.5, 0.6) is 0 Å². The monoisotopic (exact) mass is 355 g/mol. The molecule has 0 amide bonds. The molecule has 3 aliphatic rings. The third kappa shape index (κ3) is 3.05. The molecule has 0 unspecified atom stereocenters. The fourth-order valence-electron chi connectivity index (χ4n) is 4.54. The lowest BCUT2D eigenvalue weighted by Gasteiger charge is -2.63. The second kappa shape index (κ2) is 5.73. The highest BCUT2D eigenvalue weighted by molar-refractivity contribution is 5.89. The molecule has 1 aromatic carbocycles. The number of fused-ring (bicyclic) bond motifs is 3. The Morgan fingerprint density at radius 2 is 1.96 bits per heavy atom. The van der Waals surface area contributed by atoms with E-state index >= 15 is 0 Å². The molecule has 2 aliphatic heterocycles. The Bertz CT molecular complexity index is 681. The second-order valence-corrected chi connectivity index (χ2v) is 8.08. The van der Waals surface area contributed by atoms with Gasteiger partial charge >= 0.3 is 12.1 Å². The first kappa shape index (κ1) is 18.2. The quantitative estimate of drug-likeness (QED) is 0.731. The molecule has 3 fully saturated rings. The number of alkyl halides is 3. The highest BCUT2D eigenvalue weighted by atomic mass is 19.4. The van der Waals surface area contributed by atoms with Crippen molar-refractivity contribution < 1.29 is 22.7 Å². The molecule has 2 heterocycles. The van der Waals surface area contributed by atoms with Gasteiger partial charge in [-0.05, 0) is 58.9 Å². The SMILES string of the molecule is CN1C(C)(C)[C@@H]2CC[C@@]1(C)C[C@H]2OC(=O)c1cccc(C(F)(F)F)c1. The van der Waals surface area contributed by atoms with Crippen LogP contribution in [0.25, 0.3) is 0 Å². The standard InChI is InChI=1S/C19H24F3NO2/c1-17(2)14-8-9-18(3,23(17)4)11-15(14)25-16(24)12-6-5-7-13(10-12)19(20,21)22/h5-7,10,14-15H,8-9,11H2,1-4H3/t14-,15-,18+/m1/s1. The molecule has 0 spiro atoms. The van der Waals surface area contributed by atoms with E-state index in [9.17, 15) is 18.0 Å². The van der Waals surface area contributed by atoms with Gasteiger partial charge in [-0.3, -0.25) is 4.90 Å². The molecule has 2 bridgehead atoms. The van der Waals surface area contributed by atoms with Gasteiger partial charge in [-0.2, -0.15) is 13.2 Å². The maximum atomic E-state index is 12.8. The molecular weight excluding hydrogens is 331 g/mol. The number of ether oxygens (including phenoxy) is 1. The van der Waals surface area contributed by atoms with Gasteiger partial charge in [-0.1, -0.05) is 6.07 Å². The average Bonchev–Trinajstić information content (AvgIpc) is 2.52. The molecule has 2 saturated heterocycles. The lowest BCUT2D eigenvalue weighted by Crippen LogP contribution is -2.70. The van der Waals surface area contributed by atoms with Crippen molar-refractivity contribution in [1.29, 1.82) is 0 Å². The van der Waals surface area contributed by atoms with E-state index < -0.39 is 17.7 Å². The number of hydrogen-bond donors (Lipinski definition) is 0. The highest BCUT2D eigenvalue weighted by Crippen LogP contribution is 2.51. The van der Waals surface area contributed by atoms with Crippen LogP contribution in [0.15, 0.2) is 24.3 Å². The number of nitrogens with zero attached hydrogens (tertiary/aromatic N) is 1. The van der Waals surface area contributed by atoms with Gasteiger partial charge in [0.25, 0.3) is 0 Å². The second-order valence-electron chi connectivity index (χ2n) is 8.08. The van der Waals surface area contributed by atoms with Crippen LogP contribution in [-0.2, 0) is 10.9 Å². The van der Waals surface area contributed by atoms with Crippen molar-refractivity contribution in [3.8, 4) is 0 Å². The van der Waals surface area contributed by atoms with Crippen molar-refractivity contribution in [3.05, 3.63) is 35.4 Å². The fourth-order valence-corrected chi connectivity index (χ4v) is 4.54. The zero-order valence-electron chi connectivity index (χ0n) is 15.0. The zero-order chi connectivity index (χ0) is 18.6. The molecular formula is C19H24F3NO2. The predicted molar refractivity (Wildman–Crippen MR) is 88.2 cm³/mol. The Balaban J connectivity index is 1.80. The molecule has 3 atom stereocenters. The minimum atomic E-state index is -4.47. The number of carbonyl (C=O) groups excluding carboxylic acids is 1. The van der Waals surface area contributed by atoms with Crippen molar-refractivity contribution in [2.24, 2.45) is 5.92 Å². The predicted octanol–water partition coefficient (Wildman–Crippen LogP) is 4.51. The molecule has 0 radical (unpaired) electrons. The van der Waals surface area contributed by atoms with E-state index in [0.717, 1.165) is 25.0 Å². The third-order valence-corrected chi connectivity index (χ3v) is 6.35. The summed E-state index contributed by atoms with van der Waals surface area (Å²) >= 11 is 0. The first-order chi connectivity index (χ1) is 11.4. The maximum absolute atomic E-state index is 12.8. The Labute approximate surface area is 146 Å². The van der Waals surface area contributed by atoms with Gasteiger partial charge < -0.3 is 4.74 Å². The van der Waals surface area contributed by atoms with Crippen LogP contribution >= 0.6 is 0 Å². The number of halogens is 3. The van der Waals surface area contributed by atoms with E-state index in [0.29, 0.717) is 6.42 Å². The topological polar surface area (TPSA) is 29.5 Å². The number of rotatable bonds is 2. The van der Waals surface area contributed by atoms with Gasteiger partial charge in [0.2, 0.25) is 0 Å².